The van der Waals surface area contributed by atoms with Gasteiger partial charge in [0, 0.05) is 11.8 Å². The van der Waals surface area contributed by atoms with E-state index in [1.807, 2.05) is 42.5 Å². The van der Waals surface area contributed by atoms with Crippen LogP contribution in [0.4, 0.5) is 0 Å². The fourth-order valence-corrected chi connectivity index (χ4v) is 3.02. The zero-order valence-corrected chi connectivity index (χ0v) is 13.1. The van der Waals surface area contributed by atoms with Gasteiger partial charge in [0.1, 0.15) is 0 Å². The van der Waals surface area contributed by atoms with Crippen LogP contribution in [-0.2, 0) is 20.7 Å². The van der Waals surface area contributed by atoms with Crippen LogP contribution < -0.4 is 0 Å². The number of hydrogen-bond donors (Lipinski definition) is 0. The number of esters is 1. The van der Waals surface area contributed by atoms with Crippen LogP contribution in [0.5, 0.6) is 0 Å². The van der Waals surface area contributed by atoms with Crippen LogP contribution in [-0.4, -0.2) is 19.7 Å². The van der Waals surface area contributed by atoms with Gasteiger partial charge in [-0.25, -0.2) is 4.79 Å². The highest BCUT2D eigenvalue weighted by atomic mass is 16.6. The second kappa shape index (κ2) is 7.14. The molecule has 0 saturated heterocycles. The summed E-state index contributed by atoms with van der Waals surface area (Å²) < 4.78 is 10.4. The summed E-state index contributed by atoms with van der Waals surface area (Å²) in [5.74, 6) is 0.321. The molecule has 2 atom stereocenters. The number of carbonyl (C=O) groups is 1. The van der Waals surface area contributed by atoms with Crippen molar-refractivity contribution in [3.05, 3.63) is 83.6 Å². The lowest BCUT2D eigenvalue weighted by molar-refractivity contribution is -0.140. The van der Waals surface area contributed by atoms with Crippen LogP contribution in [0.3, 0.4) is 0 Å². The van der Waals surface area contributed by atoms with Crippen LogP contribution in [0, 0.1) is 5.92 Å². The molecule has 0 amide bonds. The predicted molar refractivity (Wildman–Crippen MR) is 88.9 cm³/mol. The molecule has 0 unspecified atom stereocenters. The van der Waals surface area contributed by atoms with Gasteiger partial charge in [0.15, 0.2) is 0 Å². The highest BCUT2D eigenvalue weighted by Crippen LogP contribution is 2.34. The van der Waals surface area contributed by atoms with Gasteiger partial charge in [-0.1, -0.05) is 60.7 Å². The molecule has 23 heavy (non-hydrogen) atoms. The Hall–Kier alpha value is -2.55. The van der Waals surface area contributed by atoms with Crippen LogP contribution in [0.15, 0.2) is 72.5 Å². The maximum atomic E-state index is 11.8. The number of hydrogen-bond acceptors (Lipinski definition) is 3. The molecule has 0 bridgehead atoms. The lowest BCUT2D eigenvalue weighted by atomic mass is 9.81. The Morgan fingerprint density at radius 3 is 2.39 bits per heavy atom. The van der Waals surface area contributed by atoms with Crippen molar-refractivity contribution in [3.8, 4) is 0 Å². The van der Waals surface area contributed by atoms with Crippen molar-refractivity contribution < 1.29 is 14.3 Å². The fourth-order valence-electron chi connectivity index (χ4n) is 3.02. The van der Waals surface area contributed by atoms with Gasteiger partial charge >= 0.3 is 5.97 Å². The largest absolute Gasteiger partial charge is 0.486 e. The Morgan fingerprint density at radius 2 is 1.74 bits per heavy atom. The summed E-state index contributed by atoms with van der Waals surface area (Å²) in [6.07, 6.45) is 2.81. The van der Waals surface area contributed by atoms with E-state index in [4.69, 9.17) is 9.47 Å². The molecule has 1 heterocycles. The molecule has 2 aromatic carbocycles. The predicted octanol–water partition coefficient (Wildman–Crippen LogP) is 3.72. The molecule has 1 aliphatic rings. The van der Waals surface area contributed by atoms with Gasteiger partial charge in [-0.2, -0.15) is 0 Å². The average molecular weight is 308 g/mol. The first-order valence-corrected chi connectivity index (χ1v) is 7.79. The smallest absolute Gasteiger partial charge is 0.372 e. The van der Waals surface area contributed by atoms with E-state index in [0.29, 0.717) is 12.4 Å². The maximum absolute atomic E-state index is 11.8. The first-order chi connectivity index (χ1) is 11.3. The van der Waals surface area contributed by atoms with Crippen LogP contribution in [0.1, 0.15) is 17.0 Å². The highest BCUT2D eigenvalue weighted by Gasteiger charge is 2.30. The van der Waals surface area contributed by atoms with Crippen molar-refractivity contribution in [3.63, 3.8) is 0 Å². The van der Waals surface area contributed by atoms with E-state index in [9.17, 15) is 4.79 Å². The SMILES string of the molecule is COC(=O)C1=C[C@@H](c2ccccc2)[C@@H](Cc2ccccc2)CO1. The third-order valence-electron chi connectivity index (χ3n) is 4.20. The lowest BCUT2D eigenvalue weighted by Crippen LogP contribution is -2.27. The summed E-state index contributed by atoms with van der Waals surface area (Å²) in [7, 11) is 1.38. The van der Waals surface area contributed by atoms with E-state index < -0.39 is 5.97 Å². The van der Waals surface area contributed by atoms with Gasteiger partial charge in [0.2, 0.25) is 5.76 Å². The molecule has 2 aromatic rings. The Bertz CT molecular complexity index is 677. The molecule has 3 nitrogen and oxygen atoms in total. The Kier molecular flexibility index (Phi) is 4.77. The number of carbonyl (C=O) groups excluding carboxylic acids is 1. The van der Waals surface area contributed by atoms with Crippen molar-refractivity contribution in [1.29, 1.82) is 0 Å². The zero-order chi connectivity index (χ0) is 16.1. The maximum Gasteiger partial charge on any atom is 0.372 e. The van der Waals surface area contributed by atoms with Gasteiger partial charge in [-0.3, -0.25) is 0 Å². The minimum Gasteiger partial charge on any atom is -0.486 e. The highest BCUT2D eigenvalue weighted by molar-refractivity contribution is 5.86. The third-order valence-corrected chi connectivity index (χ3v) is 4.20. The molecule has 3 heteroatoms. The van der Waals surface area contributed by atoms with E-state index in [0.717, 1.165) is 6.42 Å². The van der Waals surface area contributed by atoms with E-state index in [-0.39, 0.29) is 11.8 Å². The lowest BCUT2D eigenvalue weighted by Gasteiger charge is -2.30. The molecule has 0 aromatic heterocycles. The summed E-state index contributed by atoms with van der Waals surface area (Å²) in [6.45, 7) is 0.509. The normalized spacial score (nSPS) is 20.3. The number of rotatable bonds is 4. The first-order valence-electron chi connectivity index (χ1n) is 7.79. The monoisotopic (exact) mass is 308 g/mol. The topological polar surface area (TPSA) is 35.5 Å². The van der Waals surface area contributed by atoms with Crippen LogP contribution in [0.25, 0.3) is 0 Å². The average Bonchev–Trinajstić information content (AvgIpc) is 2.63. The molecule has 0 radical (unpaired) electrons. The van der Waals surface area contributed by atoms with Gasteiger partial charge in [0.05, 0.1) is 13.7 Å². The van der Waals surface area contributed by atoms with E-state index >= 15 is 0 Å². The molecular formula is C20H20O3. The zero-order valence-electron chi connectivity index (χ0n) is 13.1. The van der Waals surface area contributed by atoms with Gasteiger partial charge < -0.3 is 9.47 Å². The number of methoxy groups -OCH3 is 1. The molecule has 0 N–H and O–H groups in total. The molecule has 0 spiro atoms. The minimum absolute atomic E-state index is 0.138. The summed E-state index contributed by atoms with van der Waals surface area (Å²) in [4.78, 5) is 11.8. The molecular weight excluding hydrogens is 288 g/mol. The summed E-state index contributed by atoms with van der Waals surface area (Å²) in [6, 6.07) is 20.6. The van der Waals surface area contributed by atoms with Gasteiger partial charge in [-0.15, -0.1) is 0 Å². The Labute approximate surface area is 136 Å². The summed E-state index contributed by atoms with van der Waals surface area (Å²) in [5, 5.41) is 0. The Morgan fingerprint density at radius 1 is 1.09 bits per heavy atom. The van der Waals surface area contributed by atoms with Crippen molar-refractivity contribution in [2.75, 3.05) is 13.7 Å². The van der Waals surface area contributed by atoms with Crippen molar-refractivity contribution in [1.82, 2.24) is 0 Å². The summed E-state index contributed by atoms with van der Waals surface area (Å²) >= 11 is 0. The van der Waals surface area contributed by atoms with Crippen molar-refractivity contribution >= 4 is 5.97 Å². The molecule has 3 rings (SSSR count). The van der Waals surface area contributed by atoms with Gasteiger partial charge in [0.25, 0.3) is 0 Å². The van der Waals surface area contributed by atoms with Crippen LogP contribution in [0.2, 0.25) is 0 Å². The minimum atomic E-state index is -0.413. The molecule has 0 saturated carbocycles. The fraction of sp³-hybridized carbons (Fsp3) is 0.250. The van der Waals surface area contributed by atoms with Crippen molar-refractivity contribution in [2.45, 2.75) is 12.3 Å². The molecule has 118 valence electrons. The molecule has 0 fully saturated rings. The second-order valence-electron chi connectivity index (χ2n) is 5.72. The number of allylic oxidation sites excluding steroid dienone is 1. The van der Waals surface area contributed by atoms with E-state index in [2.05, 4.69) is 24.3 Å². The quantitative estimate of drug-likeness (QED) is 0.808. The first kappa shape index (κ1) is 15.3. The van der Waals surface area contributed by atoms with Crippen LogP contribution >= 0.6 is 0 Å². The Balaban J connectivity index is 1.89. The van der Waals surface area contributed by atoms with Crippen molar-refractivity contribution in [2.24, 2.45) is 5.92 Å². The third kappa shape index (κ3) is 3.62. The van der Waals surface area contributed by atoms with Gasteiger partial charge in [-0.05, 0) is 23.6 Å². The molecule has 0 aliphatic carbocycles. The van der Waals surface area contributed by atoms with E-state index in [1.54, 1.807) is 0 Å². The second-order valence-corrected chi connectivity index (χ2v) is 5.72. The number of benzene rings is 2. The standard InChI is InChI=1S/C20H20O3/c1-22-20(21)19-13-18(16-10-6-3-7-11-16)17(14-23-19)12-15-8-4-2-5-9-15/h2-11,13,17-18H,12,14H2,1H3/t17-,18-/m0/s1. The number of ether oxygens (including phenoxy) is 2. The summed E-state index contributed by atoms with van der Waals surface area (Å²) in [5.41, 5.74) is 2.47. The van der Waals surface area contributed by atoms with E-state index in [1.165, 1.54) is 18.2 Å². The molecule has 1 aliphatic heterocycles.